The van der Waals surface area contributed by atoms with Gasteiger partial charge in [-0.2, -0.15) is 0 Å². The second-order valence-corrected chi connectivity index (χ2v) is 8.01. The lowest BCUT2D eigenvalue weighted by Crippen LogP contribution is -2.27. The molecule has 5 heteroatoms. The number of aryl methyl sites for hydroxylation is 1. The van der Waals surface area contributed by atoms with E-state index in [1.54, 1.807) is 0 Å². The molecule has 0 saturated carbocycles. The Morgan fingerprint density at radius 3 is 2.31 bits per heavy atom. The number of hydrogen-bond donors (Lipinski definition) is 1. The molecule has 0 aromatic heterocycles. The lowest BCUT2D eigenvalue weighted by molar-refractivity contribution is 0.268. The number of nitrogens with one attached hydrogen (secondary N) is 1. The zero-order chi connectivity index (χ0) is 21.1. The third-order valence-corrected chi connectivity index (χ3v) is 5.70. The van der Waals surface area contributed by atoms with E-state index in [1.807, 2.05) is 13.0 Å². The molecule has 2 aromatic carbocycles. The zero-order valence-electron chi connectivity index (χ0n) is 18.3. The van der Waals surface area contributed by atoms with E-state index in [9.17, 15) is 0 Å². The number of benzene rings is 2. The van der Waals surface area contributed by atoms with Crippen molar-refractivity contribution in [3.8, 4) is 11.5 Å². The molecule has 2 rings (SSSR count). The lowest BCUT2D eigenvalue weighted by atomic mass is 10.1. The van der Waals surface area contributed by atoms with Crippen LogP contribution in [0.5, 0.6) is 11.5 Å². The van der Waals surface area contributed by atoms with Gasteiger partial charge in [0, 0.05) is 11.0 Å². The average molecular weight is 463 g/mol. The molecule has 2 aromatic rings. The van der Waals surface area contributed by atoms with E-state index in [2.05, 4.69) is 77.2 Å². The van der Waals surface area contributed by atoms with Gasteiger partial charge in [-0.25, -0.2) is 0 Å². The highest BCUT2D eigenvalue weighted by Crippen LogP contribution is 2.34. The van der Waals surface area contributed by atoms with Gasteiger partial charge >= 0.3 is 0 Å². The summed E-state index contributed by atoms with van der Waals surface area (Å²) in [5, 5.41) is 3.54. The zero-order valence-corrected chi connectivity index (χ0v) is 19.8. The maximum atomic E-state index is 6.06. The second kappa shape index (κ2) is 12.9. The van der Waals surface area contributed by atoms with Crippen LogP contribution in [0.2, 0.25) is 0 Å². The molecule has 0 aliphatic heterocycles. The van der Waals surface area contributed by atoms with Crippen LogP contribution in [0, 0.1) is 6.92 Å². The molecule has 0 unspecified atom stereocenters. The van der Waals surface area contributed by atoms with Crippen molar-refractivity contribution in [2.75, 3.05) is 32.8 Å². The quantitative estimate of drug-likeness (QED) is 0.395. The maximum Gasteiger partial charge on any atom is 0.162 e. The van der Waals surface area contributed by atoms with E-state index in [4.69, 9.17) is 9.47 Å². The van der Waals surface area contributed by atoms with Crippen LogP contribution >= 0.6 is 15.9 Å². The Morgan fingerprint density at radius 1 is 0.966 bits per heavy atom. The van der Waals surface area contributed by atoms with Crippen LogP contribution < -0.4 is 14.8 Å². The van der Waals surface area contributed by atoms with Gasteiger partial charge in [0.2, 0.25) is 0 Å². The van der Waals surface area contributed by atoms with Crippen molar-refractivity contribution in [1.29, 1.82) is 0 Å². The Hall–Kier alpha value is -1.56. The number of halogens is 1. The average Bonchev–Trinajstić information content (AvgIpc) is 2.72. The molecular weight excluding hydrogens is 428 g/mol. The summed E-state index contributed by atoms with van der Waals surface area (Å²) < 4.78 is 13.0. The normalized spacial score (nSPS) is 11.1. The molecule has 0 fully saturated rings. The minimum Gasteiger partial charge on any atom is -0.490 e. The van der Waals surface area contributed by atoms with E-state index in [-0.39, 0.29) is 0 Å². The Labute approximate surface area is 184 Å². The number of nitrogens with zero attached hydrogens (tertiary/aromatic N) is 1. The van der Waals surface area contributed by atoms with Gasteiger partial charge in [0.15, 0.2) is 11.5 Å². The first-order valence-electron chi connectivity index (χ1n) is 10.6. The molecule has 0 amide bonds. The van der Waals surface area contributed by atoms with Crippen LogP contribution in [0.1, 0.15) is 43.9 Å². The summed E-state index contributed by atoms with van der Waals surface area (Å²) in [4.78, 5) is 2.45. The SMILES string of the molecule is CCOc1cc(CNCCCN(CC)CC)c(Br)cc1OCc1ccc(C)cc1. The predicted molar refractivity (Wildman–Crippen MR) is 125 cm³/mol. The van der Waals surface area contributed by atoms with Crippen LogP contribution in [0.25, 0.3) is 0 Å². The summed E-state index contributed by atoms with van der Waals surface area (Å²) in [7, 11) is 0. The molecule has 0 saturated heterocycles. The number of rotatable bonds is 13. The Morgan fingerprint density at radius 2 is 1.66 bits per heavy atom. The minimum atomic E-state index is 0.524. The van der Waals surface area contributed by atoms with Crippen LogP contribution in [0.15, 0.2) is 40.9 Å². The molecule has 0 aliphatic rings. The highest BCUT2D eigenvalue weighted by atomic mass is 79.9. The highest BCUT2D eigenvalue weighted by molar-refractivity contribution is 9.10. The van der Waals surface area contributed by atoms with Crippen LogP contribution in [-0.4, -0.2) is 37.7 Å². The van der Waals surface area contributed by atoms with Crippen LogP contribution in [-0.2, 0) is 13.2 Å². The fraction of sp³-hybridized carbons (Fsp3) is 0.500. The van der Waals surface area contributed by atoms with E-state index < -0.39 is 0 Å². The van der Waals surface area contributed by atoms with E-state index in [1.165, 1.54) is 11.1 Å². The minimum absolute atomic E-state index is 0.524. The number of hydrogen-bond acceptors (Lipinski definition) is 4. The van der Waals surface area contributed by atoms with Gasteiger partial charge in [-0.1, -0.05) is 59.6 Å². The maximum absolute atomic E-state index is 6.06. The van der Waals surface area contributed by atoms with Crippen molar-refractivity contribution in [3.05, 3.63) is 57.6 Å². The van der Waals surface area contributed by atoms with Gasteiger partial charge in [-0.05, 0) is 69.7 Å². The van der Waals surface area contributed by atoms with Crippen molar-refractivity contribution in [2.45, 2.75) is 47.3 Å². The lowest BCUT2D eigenvalue weighted by Gasteiger charge is -2.18. The molecule has 0 spiro atoms. The molecule has 0 heterocycles. The number of ether oxygens (including phenoxy) is 2. The first kappa shape index (κ1) is 23.7. The molecule has 29 heavy (non-hydrogen) atoms. The first-order valence-corrected chi connectivity index (χ1v) is 11.4. The van der Waals surface area contributed by atoms with Crippen molar-refractivity contribution >= 4 is 15.9 Å². The van der Waals surface area contributed by atoms with Gasteiger partial charge in [0.25, 0.3) is 0 Å². The first-order chi connectivity index (χ1) is 14.1. The second-order valence-electron chi connectivity index (χ2n) is 7.15. The van der Waals surface area contributed by atoms with Crippen molar-refractivity contribution < 1.29 is 9.47 Å². The Balaban J connectivity index is 1.94. The fourth-order valence-corrected chi connectivity index (χ4v) is 3.59. The highest BCUT2D eigenvalue weighted by Gasteiger charge is 2.11. The summed E-state index contributed by atoms with van der Waals surface area (Å²) in [5.41, 5.74) is 3.58. The molecule has 0 atom stereocenters. The third kappa shape index (κ3) is 8.00. The van der Waals surface area contributed by atoms with Crippen molar-refractivity contribution in [1.82, 2.24) is 10.2 Å². The third-order valence-electron chi connectivity index (χ3n) is 4.97. The van der Waals surface area contributed by atoms with Gasteiger partial charge in [-0.15, -0.1) is 0 Å². The Kier molecular flexibility index (Phi) is 10.5. The predicted octanol–water partition coefficient (Wildman–Crippen LogP) is 5.56. The van der Waals surface area contributed by atoms with E-state index >= 15 is 0 Å². The van der Waals surface area contributed by atoms with Gasteiger partial charge in [0.05, 0.1) is 6.61 Å². The van der Waals surface area contributed by atoms with Crippen LogP contribution in [0.4, 0.5) is 0 Å². The van der Waals surface area contributed by atoms with Crippen molar-refractivity contribution in [3.63, 3.8) is 0 Å². The largest absolute Gasteiger partial charge is 0.490 e. The van der Waals surface area contributed by atoms with E-state index in [0.29, 0.717) is 13.2 Å². The Bertz CT molecular complexity index is 730. The monoisotopic (exact) mass is 462 g/mol. The summed E-state index contributed by atoms with van der Waals surface area (Å²) in [6.07, 6.45) is 1.15. The van der Waals surface area contributed by atoms with Gasteiger partial charge in [0.1, 0.15) is 6.61 Å². The van der Waals surface area contributed by atoms with Gasteiger partial charge < -0.3 is 19.7 Å². The summed E-state index contributed by atoms with van der Waals surface area (Å²) >= 11 is 3.70. The molecule has 1 N–H and O–H groups in total. The van der Waals surface area contributed by atoms with E-state index in [0.717, 1.165) is 60.7 Å². The molecule has 4 nitrogen and oxygen atoms in total. The molecule has 0 bridgehead atoms. The van der Waals surface area contributed by atoms with Gasteiger partial charge in [-0.3, -0.25) is 0 Å². The molecule has 160 valence electrons. The standard InChI is InChI=1S/C24H35BrN2O2/c1-5-27(6-2)14-8-13-26-17-21-15-23(28-7-3)24(16-22(21)25)29-18-20-11-9-19(4)10-12-20/h9-12,15-16,26H,5-8,13-14,17-18H2,1-4H3. The molecule has 0 aliphatic carbocycles. The molecule has 0 radical (unpaired) electrons. The topological polar surface area (TPSA) is 33.7 Å². The molecular formula is C24H35BrN2O2. The summed E-state index contributed by atoms with van der Waals surface area (Å²) in [5.74, 6) is 1.56. The van der Waals surface area contributed by atoms with Crippen molar-refractivity contribution in [2.24, 2.45) is 0 Å². The smallest absolute Gasteiger partial charge is 0.162 e. The summed E-state index contributed by atoms with van der Waals surface area (Å²) in [6, 6.07) is 12.5. The summed E-state index contributed by atoms with van der Waals surface area (Å²) in [6.45, 7) is 14.8. The van der Waals surface area contributed by atoms with Crippen LogP contribution in [0.3, 0.4) is 0 Å². The fourth-order valence-electron chi connectivity index (χ4n) is 3.13.